The summed E-state index contributed by atoms with van der Waals surface area (Å²) in [5, 5.41) is 5.96. The number of hydrogen-bond acceptors (Lipinski definition) is 4. The van der Waals surface area contributed by atoms with Gasteiger partial charge in [0.2, 0.25) is 11.8 Å². The van der Waals surface area contributed by atoms with Crippen LogP contribution in [0.25, 0.3) is 28.6 Å². The van der Waals surface area contributed by atoms with Gasteiger partial charge in [-0.2, -0.15) is 0 Å². The molecule has 1 aromatic heterocycles. The minimum atomic E-state index is -0.302. The van der Waals surface area contributed by atoms with Crippen molar-refractivity contribution < 1.29 is 9.21 Å². The number of thiocarbonyl (C=S) groups is 1. The number of hydrogen-bond donors (Lipinski definition) is 2. The zero-order valence-corrected chi connectivity index (χ0v) is 17.1. The van der Waals surface area contributed by atoms with Crippen molar-refractivity contribution in [2.24, 2.45) is 0 Å². The Hall–Kier alpha value is -3.77. The number of carbonyl (C=O) groups excluding carboxylic acids is 1. The van der Waals surface area contributed by atoms with E-state index < -0.39 is 0 Å². The Morgan fingerprint density at radius 1 is 1.03 bits per heavy atom. The number of para-hydroxylation sites is 2. The molecule has 0 spiro atoms. The van der Waals surface area contributed by atoms with Crippen molar-refractivity contribution in [1.82, 2.24) is 10.3 Å². The Kier molecular flexibility index (Phi) is 5.68. The number of anilines is 1. The fraction of sp³-hybridized carbons (Fsp3) is 0.0417. The molecule has 4 aromatic rings. The first-order chi connectivity index (χ1) is 14.6. The molecule has 0 saturated carbocycles. The number of nitrogens with one attached hydrogen (secondary N) is 2. The maximum absolute atomic E-state index is 12.1. The van der Waals surface area contributed by atoms with Gasteiger partial charge in [-0.15, -0.1) is 0 Å². The molecule has 0 aliphatic heterocycles. The smallest absolute Gasteiger partial charge is 0.250 e. The molecule has 30 heavy (non-hydrogen) atoms. The third-order valence-electron chi connectivity index (χ3n) is 4.49. The van der Waals surface area contributed by atoms with Crippen LogP contribution in [0.2, 0.25) is 0 Å². The summed E-state index contributed by atoms with van der Waals surface area (Å²) >= 11 is 5.30. The fourth-order valence-corrected chi connectivity index (χ4v) is 3.14. The molecule has 0 bridgehead atoms. The highest BCUT2D eigenvalue weighted by Gasteiger charge is 2.11. The summed E-state index contributed by atoms with van der Waals surface area (Å²) in [7, 11) is 0. The van der Waals surface area contributed by atoms with E-state index in [-0.39, 0.29) is 11.0 Å². The van der Waals surface area contributed by atoms with Gasteiger partial charge in [-0.3, -0.25) is 10.1 Å². The minimum Gasteiger partial charge on any atom is -0.436 e. The van der Waals surface area contributed by atoms with E-state index in [2.05, 4.69) is 15.6 Å². The lowest BCUT2D eigenvalue weighted by atomic mass is 10.1. The molecule has 0 saturated heterocycles. The molecule has 2 N–H and O–H groups in total. The van der Waals surface area contributed by atoms with Crippen molar-refractivity contribution >= 4 is 46.1 Å². The molecular weight excluding hydrogens is 394 g/mol. The highest BCUT2D eigenvalue weighted by atomic mass is 32.1. The number of rotatable bonds is 4. The lowest BCUT2D eigenvalue weighted by molar-refractivity contribution is -0.115. The van der Waals surface area contributed by atoms with Crippen molar-refractivity contribution in [2.75, 3.05) is 5.32 Å². The number of aryl methyl sites for hydroxylation is 1. The van der Waals surface area contributed by atoms with Crippen LogP contribution < -0.4 is 10.6 Å². The van der Waals surface area contributed by atoms with Crippen molar-refractivity contribution in [3.8, 4) is 11.5 Å². The Balaban J connectivity index is 1.46. The second-order valence-electron chi connectivity index (χ2n) is 6.70. The second kappa shape index (κ2) is 8.71. The van der Waals surface area contributed by atoms with Gasteiger partial charge in [0.25, 0.3) is 0 Å². The van der Waals surface area contributed by atoms with Crippen molar-refractivity contribution in [3.63, 3.8) is 0 Å². The summed E-state index contributed by atoms with van der Waals surface area (Å²) in [6.45, 7) is 1.96. The van der Waals surface area contributed by atoms with Gasteiger partial charge in [0.05, 0.1) is 0 Å². The number of nitrogens with zero attached hydrogens (tertiary/aromatic N) is 1. The molecular formula is C24H19N3O2S. The zero-order valence-electron chi connectivity index (χ0n) is 16.3. The van der Waals surface area contributed by atoms with Gasteiger partial charge in [-0.25, -0.2) is 4.98 Å². The number of carbonyl (C=O) groups is 1. The maximum atomic E-state index is 12.1. The summed E-state index contributed by atoms with van der Waals surface area (Å²) in [4.78, 5) is 16.7. The molecule has 6 heteroatoms. The first kappa shape index (κ1) is 19.5. The van der Waals surface area contributed by atoms with E-state index in [4.69, 9.17) is 16.6 Å². The normalized spacial score (nSPS) is 11.0. The first-order valence-corrected chi connectivity index (χ1v) is 9.81. The average molecular weight is 414 g/mol. The van der Waals surface area contributed by atoms with Crippen LogP contribution in [0.5, 0.6) is 0 Å². The number of fused-ring (bicyclic) bond motifs is 1. The molecule has 0 radical (unpaired) electrons. The number of oxazole rings is 1. The van der Waals surface area contributed by atoms with E-state index in [0.717, 1.165) is 33.5 Å². The number of benzene rings is 3. The van der Waals surface area contributed by atoms with Crippen molar-refractivity contribution in [3.05, 3.63) is 90.0 Å². The van der Waals surface area contributed by atoms with Crippen LogP contribution in [0.3, 0.4) is 0 Å². The highest BCUT2D eigenvalue weighted by molar-refractivity contribution is 7.80. The molecule has 1 amide bonds. The molecule has 3 aromatic carbocycles. The van der Waals surface area contributed by atoms with Gasteiger partial charge in [-0.05, 0) is 60.6 Å². The van der Waals surface area contributed by atoms with E-state index >= 15 is 0 Å². The minimum absolute atomic E-state index is 0.218. The molecule has 0 aliphatic rings. The van der Waals surface area contributed by atoms with E-state index in [9.17, 15) is 4.79 Å². The highest BCUT2D eigenvalue weighted by Crippen LogP contribution is 2.27. The van der Waals surface area contributed by atoms with Gasteiger partial charge in [0.15, 0.2) is 10.7 Å². The molecule has 1 heterocycles. The molecule has 0 atom stereocenters. The molecule has 0 fully saturated rings. The second-order valence-corrected chi connectivity index (χ2v) is 7.11. The molecule has 5 nitrogen and oxygen atoms in total. The van der Waals surface area contributed by atoms with Crippen molar-refractivity contribution in [1.29, 1.82) is 0 Å². The van der Waals surface area contributed by atoms with Crippen LogP contribution in [0.4, 0.5) is 5.69 Å². The lowest BCUT2D eigenvalue weighted by Crippen LogP contribution is -2.33. The predicted octanol–water partition coefficient (Wildman–Crippen LogP) is 5.33. The number of aromatic nitrogens is 1. The van der Waals surface area contributed by atoms with E-state index in [1.807, 2.05) is 79.7 Å². The van der Waals surface area contributed by atoms with Crippen molar-refractivity contribution in [2.45, 2.75) is 6.92 Å². The number of amides is 1. The molecule has 148 valence electrons. The topological polar surface area (TPSA) is 67.2 Å². The average Bonchev–Trinajstić information content (AvgIpc) is 3.19. The first-order valence-electron chi connectivity index (χ1n) is 9.40. The van der Waals surface area contributed by atoms with E-state index in [1.54, 1.807) is 6.08 Å². The third-order valence-corrected chi connectivity index (χ3v) is 4.69. The Bertz CT molecular complexity index is 1210. The Morgan fingerprint density at radius 3 is 2.60 bits per heavy atom. The van der Waals surface area contributed by atoms with Crippen LogP contribution >= 0.6 is 12.2 Å². The summed E-state index contributed by atoms with van der Waals surface area (Å²) in [6, 6.07) is 23.0. The van der Waals surface area contributed by atoms with Crippen LogP contribution in [0, 0.1) is 6.92 Å². The largest absolute Gasteiger partial charge is 0.436 e. The quantitative estimate of drug-likeness (QED) is 0.350. The third kappa shape index (κ3) is 4.61. The fourth-order valence-electron chi connectivity index (χ4n) is 2.93. The van der Waals surface area contributed by atoms with Gasteiger partial charge in [0.1, 0.15) is 5.52 Å². The van der Waals surface area contributed by atoms with Crippen LogP contribution in [-0.2, 0) is 4.79 Å². The van der Waals surface area contributed by atoms with E-state index in [0.29, 0.717) is 5.89 Å². The van der Waals surface area contributed by atoms with Crippen LogP contribution in [0.15, 0.2) is 83.3 Å². The predicted molar refractivity (Wildman–Crippen MR) is 124 cm³/mol. The Labute approximate surface area is 179 Å². The van der Waals surface area contributed by atoms with Gasteiger partial charge in [0, 0.05) is 17.3 Å². The molecule has 4 rings (SSSR count). The SMILES string of the molecule is Cc1ccc(-c2nc3ccccc3o2)cc1NC(=S)NC(=O)C=Cc1ccccc1. The van der Waals surface area contributed by atoms with Gasteiger partial charge in [-0.1, -0.05) is 48.5 Å². The standard InChI is InChI=1S/C24H19N3O2S/c1-16-11-13-18(23-25-19-9-5-6-10-21(19)29-23)15-20(16)26-24(30)27-22(28)14-12-17-7-3-2-4-8-17/h2-15H,1H3,(H2,26,27,28,30). The Morgan fingerprint density at radius 2 is 1.80 bits per heavy atom. The van der Waals surface area contributed by atoms with Gasteiger partial charge < -0.3 is 9.73 Å². The zero-order chi connectivity index (χ0) is 20.9. The molecule has 0 unspecified atom stereocenters. The van der Waals surface area contributed by atoms with Crippen LogP contribution in [0.1, 0.15) is 11.1 Å². The summed E-state index contributed by atoms with van der Waals surface area (Å²) in [5.41, 5.74) is 5.04. The van der Waals surface area contributed by atoms with Crippen LogP contribution in [-0.4, -0.2) is 16.0 Å². The lowest BCUT2D eigenvalue weighted by Gasteiger charge is -2.11. The monoisotopic (exact) mass is 413 g/mol. The molecule has 0 aliphatic carbocycles. The summed E-state index contributed by atoms with van der Waals surface area (Å²) in [5.74, 6) is 0.226. The maximum Gasteiger partial charge on any atom is 0.250 e. The summed E-state index contributed by atoms with van der Waals surface area (Å²) < 4.78 is 5.84. The van der Waals surface area contributed by atoms with Gasteiger partial charge >= 0.3 is 0 Å². The van der Waals surface area contributed by atoms with E-state index in [1.165, 1.54) is 6.08 Å². The summed E-state index contributed by atoms with van der Waals surface area (Å²) in [6.07, 6.45) is 3.18.